The molecule has 1 spiro atoms. The van der Waals surface area contributed by atoms with Crippen LogP contribution in [0.1, 0.15) is 132 Å². The molecule has 2 saturated carbocycles. The number of ether oxygens (including phenoxy) is 6. The van der Waals surface area contributed by atoms with Gasteiger partial charge in [0.25, 0.3) is 0 Å². The molecule has 3 aliphatic heterocycles. The lowest BCUT2D eigenvalue weighted by Crippen LogP contribution is -2.41. The van der Waals surface area contributed by atoms with Gasteiger partial charge in [0, 0.05) is 116 Å². The molecule has 3 saturated heterocycles. The van der Waals surface area contributed by atoms with Crippen molar-refractivity contribution < 1.29 is 42.0 Å². The van der Waals surface area contributed by atoms with E-state index < -0.39 is 17.4 Å². The molecule has 4 atom stereocenters. The summed E-state index contributed by atoms with van der Waals surface area (Å²) >= 11 is 0. The lowest BCUT2D eigenvalue weighted by molar-refractivity contribution is -0.181. The Kier molecular flexibility index (Phi) is 15.4. The molecule has 4 unspecified atom stereocenters. The van der Waals surface area contributed by atoms with Gasteiger partial charge < -0.3 is 49.3 Å². The first kappa shape index (κ1) is 56.7. The number of methoxy groups -OCH3 is 4. The van der Waals surface area contributed by atoms with Crippen LogP contribution in [0.25, 0.3) is 33.1 Å². The maximum absolute atomic E-state index is 15.0. The second-order valence-electron chi connectivity index (χ2n) is 23.4. The zero-order valence-electron chi connectivity index (χ0n) is 49.3. The van der Waals surface area contributed by atoms with Gasteiger partial charge in [-0.1, -0.05) is 0 Å². The van der Waals surface area contributed by atoms with E-state index in [1.807, 2.05) is 35.3 Å². The lowest BCUT2D eigenvalue weighted by atomic mass is 9.90. The van der Waals surface area contributed by atoms with Gasteiger partial charge in [0.05, 0.1) is 88.5 Å². The number of hydrogen-bond donors (Lipinski definition) is 2. The summed E-state index contributed by atoms with van der Waals surface area (Å²) in [5.74, 6) is 2.74. The Morgan fingerprint density at radius 3 is 1.73 bits per heavy atom. The molecule has 25 heteroatoms. The van der Waals surface area contributed by atoms with E-state index in [4.69, 9.17) is 59.3 Å². The van der Waals surface area contributed by atoms with E-state index in [2.05, 4.69) is 61.2 Å². The van der Waals surface area contributed by atoms with Crippen molar-refractivity contribution >= 4 is 62.2 Å². The molecule has 5 aliphatic rings. The largest absolute Gasteiger partial charge is 0.497 e. The molecule has 86 heavy (non-hydrogen) atoms. The van der Waals surface area contributed by atoms with Crippen molar-refractivity contribution in [3.05, 3.63) is 96.1 Å². The van der Waals surface area contributed by atoms with Crippen LogP contribution < -0.4 is 39.8 Å². The Balaban J connectivity index is 0.000000168. The molecular formula is C61H72F2N16O7. The van der Waals surface area contributed by atoms with Gasteiger partial charge in [-0.3, -0.25) is 14.2 Å². The minimum Gasteiger partial charge on any atom is -0.497 e. The molecule has 14 rings (SSSR count). The minimum atomic E-state index is -0.486. The number of hydrogen-bond acceptors (Lipinski definition) is 19. The second-order valence-corrected chi connectivity index (χ2v) is 23.4. The normalized spacial score (nSPS) is 21.2. The number of aromatic nitrogens is 12. The molecule has 0 radical (unpaired) electrons. The van der Waals surface area contributed by atoms with Crippen molar-refractivity contribution in [3.8, 4) is 23.0 Å². The Morgan fingerprint density at radius 2 is 1.17 bits per heavy atom. The van der Waals surface area contributed by atoms with Crippen molar-refractivity contribution in [2.24, 2.45) is 0 Å². The Morgan fingerprint density at radius 1 is 0.640 bits per heavy atom. The third kappa shape index (κ3) is 10.9. The summed E-state index contributed by atoms with van der Waals surface area (Å²) < 4.78 is 70.1. The highest BCUT2D eigenvalue weighted by molar-refractivity contribution is 5.94. The van der Waals surface area contributed by atoms with Crippen LogP contribution in [-0.4, -0.2) is 137 Å². The van der Waals surface area contributed by atoms with E-state index >= 15 is 4.39 Å². The van der Waals surface area contributed by atoms with E-state index in [0.717, 1.165) is 94.2 Å². The van der Waals surface area contributed by atoms with Gasteiger partial charge in [0.1, 0.15) is 17.3 Å². The molecule has 5 fully saturated rings. The van der Waals surface area contributed by atoms with Crippen molar-refractivity contribution in [1.82, 2.24) is 58.7 Å². The number of nitrogens with two attached hydrogens (primary N) is 1. The first-order chi connectivity index (χ1) is 41.8. The number of anilines is 4. The van der Waals surface area contributed by atoms with Crippen molar-refractivity contribution in [3.63, 3.8) is 0 Å². The fraction of sp³-hybridized carbons (Fsp3) is 0.492. The highest BCUT2D eigenvalue weighted by Gasteiger charge is 2.41. The molecule has 9 heterocycles. The maximum atomic E-state index is 15.0. The summed E-state index contributed by atoms with van der Waals surface area (Å²) in [4.78, 5) is 35.5. The summed E-state index contributed by atoms with van der Waals surface area (Å²) in [7, 11) is 6.10. The first-order valence-electron chi connectivity index (χ1n) is 29.8. The van der Waals surface area contributed by atoms with Crippen LogP contribution in [0.5, 0.6) is 23.0 Å². The summed E-state index contributed by atoms with van der Waals surface area (Å²) in [6.45, 7) is 7.71. The highest BCUT2D eigenvalue weighted by atomic mass is 19.1. The quantitative estimate of drug-likeness (QED) is 0.109. The summed E-state index contributed by atoms with van der Waals surface area (Å²) in [6.07, 6.45) is 18.6. The molecule has 9 aromatic rings. The standard InChI is InChI=1S/C36H43FN8O5.C25H29FN8O2/c1-22-5-6-24(20-43(22)26-19-39-44(21-26)25-9-11-36(12-10-25)49-13-14-50-36)33-41-34-28-16-29(37)32(48-4)17-30(28)40-35(45(34)42-33)38-18-23-7-8-27(46-2)15-31(23)47-3;1-14-3-4-15(12-32(14)17-11-28-33(13-17)16-5-7-18(35)8-6-16)23-30-24-19-9-20(26)22(36-2)10-21(19)29-25(27)34(24)31-23/h7-8,15-17,19,21-22,24-25H,5-6,9-14,18,20H2,1-4H3,(H,38,40);9-11,13-16H,3-8,12H2,1-2H3,(H2,27,29). The van der Waals surface area contributed by atoms with Gasteiger partial charge in [-0.05, 0) is 89.5 Å². The maximum Gasteiger partial charge on any atom is 0.226 e. The molecule has 0 amide bonds. The molecule has 23 nitrogen and oxygen atoms in total. The number of Topliss-reactive ketones (excluding diaryl/α,β-unsaturated/α-hetero) is 1. The van der Waals surface area contributed by atoms with E-state index in [1.165, 1.54) is 36.9 Å². The van der Waals surface area contributed by atoms with Crippen LogP contribution in [0.15, 0.2) is 67.3 Å². The first-order valence-corrected chi connectivity index (χ1v) is 29.8. The molecule has 3 N–H and O–H groups in total. The number of nitrogens with zero attached hydrogens (tertiary/aromatic N) is 14. The molecule has 452 valence electrons. The number of rotatable bonds is 13. The number of benzene rings is 3. The zero-order chi connectivity index (χ0) is 59.4. The number of halogens is 2. The third-order valence-electron chi connectivity index (χ3n) is 18.2. The van der Waals surface area contributed by atoms with Crippen LogP contribution in [0.3, 0.4) is 0 Å². The van der Waals surface area contributed by atoms with E-state index in [-0.39, 0.29) is 35.3 Å². The minimum absolute atomic E-state index is 0.0494. The van der Waals surface area contributed by atoms with E-state index in [9.17, 15) is 9.18 Å². The topological polar surface area (TPSA) is 239 Å². The lowest BCUT2D eigenvalue weighted by Gasteiger charge is -2.38. The number of carbonyl (C=O) groups excluding carboxylic acids is 1. The van der Waals surface area contributed by atoms with Crippen LogP contribution in [0.4, 0.5) is 32.1 Å². The van der Waals surface area contributed by atoms with Gasteiger partial charge in [0.15, 0.2) is 51.9 Å². The van der Waals surface area contributed by atoms with E-state index in [1.54, 1.807) is 24.8 Å². The number of carbonyl (C=O) groups is 1. The molecule has 3 aromatic carbocycles. The van der Waals surface area contributed by atoms with Gasteiger partial charge in [-0.2, -0.15) is 19.2 Å². The van der Waals surface area contributed by atoms with Crippen LogP contribution in [-0.2, 0) is 20.8 Å². The molecular weight excluding hydrogens is 1110 g/mol. The summed E-state index contributed by atoms with van der Waals surface area (Å²) in [5, 5.41) is 23.7. The van der Waals surface area contributed by atoms with Crippen LogP contribution >= 0.6 is 0 Å². The van der Waals surface area contributed by atoms with Crippen LogP contribution in [0.2, 0.25) is 0 Å². The molecule has 0 bridgehead atoms. The number of nitrogen functional groups attached to an aromatic ring is 1. The number of ketones is 1. The second kappa shape index (κ2) is 23.4. The SMILES string of the molecule is COc1cc2nc(N)n3nc(C4CCC(C)N(c5cnn(C6CCC(=O)CC6)c5)C4)nc3c2cc1F.COc1ccc(CNc2nc3cc(OC)c(F)cc3c3nc(C4CCC(C)N(c5cnn(C6CCC7(CC6)OCCO7)c5)C4)nn23)c(OC)c1. The van der Waals surface area contributed by atoms with Crippen molar-refractivity contribution in [2.45, 2.75) is 139 Å². The monoisotopic (exact) mass is 1180 g/mol. The Labute approximate surface area is 495 Å². The fourth-order valence-electron chi connectivity index (χ4n) is 13.2. The Hall–Kier alpha value is -8.45. The number of piperidine rings is 2. The highest BCUT2D eigenvalue weighted by Crippen LogP contribution is 2.42. The van der Waals surface area contributed by atoms with Crippen molar-refractivity contribution in [1.29, 1.82) is 0 Å². The van der Waals surface area contributed by atoms with Gasteiger partial charge in [0.2, 0.25) is 11.9 Å². The van der Waals surface area contributed by atoms with Gasteiger partial charge in [-0.25, -0.2) is 28.7 Å². The third-order valence-corrected chi connectivity index (χ3v) is 18.2. The average molecular weight is 1180 g/mol. The predicted molar refractivity (Wildman–Crippen MR) is 318 cm³/mol. The smallest absolute Gasteiger partial charge is 0.226 e. The fourth-order valence-corrected chi connectivity index (χ4v) is 13.2. The number of nitrogens with one attached hydrogen (secondary N) is 1. The van der Waals surface area contributed by atoms with Crippen LogP contribution in [0, 0.1) is 11.6 Å². The summed E-state index contributed by atoms with van der Waals surface area (Å²) in [6, 6.07) is 12.9. The molecule has 2 aliphatic carbocycles. The number of fused-ring (bicyclic) bond motifs is 6. The van der Waals surface area contributed by atoms with Gasteiger partial charge >= 0.3 is 0 Å². The predicted octanol–water partition coefficient (Wildman–Crippen LogP) is 9.54. The Bertz CT molecular complexity index is 3950. The van der Waals surface area contributed by atoms with Gasteiger partial charge in [-0.15, -0.1) is 10.2 Å². The summed E-state index contributed by atoms with van der Waals surface area (Å²) in [5.41, 5.74) is 11.3. The van der Waals surface area contributed by atoms with Crippen molar-refractivity contribution in [2.75, 3.05) is 75.6 Å². The zero-order valence-corrected chi connectivity index (χ0v) is 49.3. The van der Waals surface area contributed by atoms with E-state index in [0.29, 0.717) is 119 Å². The molecule has 6 aromatic heterocycles. The average Bonchev–Trinajstić information content (AvgIpc) is 2.71.